The standard InChI is InChI=1S/C21H22N2O5S/c1-3-15-9-19(24)28-21-13(2)20-16(8-18(15)21)11-23(12-27-20)10-14-4-6-17(7-5-14)29(22,25)26/h4-9H,3,10-12H2,1-2H3,(H2,22,25,26). The van der Waals surface area contributed by atoms with Crippen molar-refractivity contribution in [3.8, 4) is 5.75 Å². The molecule has 0 aliphatic carbocycles. The Labute approximate surface area is 168 Å². The summed E-state index contributed by atoms with van der Waals surface area (Å²) in [4.78, 5) is 14.1. The fourth-order valence-corrected chi connectivity index (χ4v) is 4.28. The zero-order chi connectivity index (χ0) is 20.8. The Morgan fingerprint density at radius 2 is 1.90 bits per heavy atom. The molecule has 29 heavy (non-hydrogen) atoms. The van der Waals surface area contributed by atoms with Crippen LogP contribution in [0.25, 0.3) is 11.0 Å². The molecule has 0 atom stereocenters. The highest BCUT2D eigenvalue weighted by molar-refractivity contribution is 7.89. The van der Waals surface area contributed by atoms with Gasteiger partial charge in [0.05, 0.1) is 4.90 Å². The number of benzene rings is 2. The highest BCUT2D eigenvalue weighted by Crippen LogP contribution is 2.36. The van der Waals surface area contributed by atoms with Gasteiger partial charge in [-0.25, -0.2) is 18.4 Å². The second kappa shape index (κ2) is 7.29. The van der Waals surface area contributed by atoms with Crippen molar-refractivity contribution < 1.29 is 17.6 Å². The molecule has 152 valence electrons. The minimum atomic E-state index is -3.70. The van der Waals surface area contributed by atoms with Gasteiger partial charge in [0.15, 0.2) is 0 Å². The largest absolute Gasteiger partial charge is 0.477 e. The zero-order valence-corrected chi connectivity index (χ0v) is 17.1. The topological polar surface area (TPSA) is 103 Å². The first-order valence-corrected chi connectivity index (χ1v) is 10.9. The first-order valence-electron chi connectivity index (χ1n) is 9.32. The molecule has 0 fully saturated rings. The normalized spacial score (nSPS) is 14.6. The van der Waals surface area contributed by atoms with Crippen LogP contribution in [0.5, 0.6) is 5.75 Å². The SMILES string of the molecule is CCc1cc(=O)oc2c(C)c3c(cc12)CN(Cc1ccc(S(N)(=O)=O)cc1)CO3. The van der Waals surface area contributed by atoms with Crippen molar-refractivity contribution in [2.45, 2.75) is 38.3 Å². The quantitative estimate of drug-likeness (QED) is 0.659. The van der Waals surface area contributed by atoms with E-state index in [0.29, 0.717) is 25.4 Å². The third kappa shape index (κ3) is 3.78. The maximum atomic E-state index is 11.9. The third-order valence-corrected chi connectivity index (χ3v) is 6.13. The lowest BCUT2D eigenvalue weighted by Gasteiger charge is -2.30. The maximum absolute atomic E-state index is 11.9. The maximum Gasteiger partial charge on any atom is 0.336 e. The lowest BCUT2D eigenvalue weighted by molar-refractivity contribution is 0.0881. The number of primary sulfonamides is 1. The average Bonchev–Trinajstić information content (AvgIpc) is 2.68. The molecule has 1 aliphatic rings. The van der Waals surface area contributed by atoms with Gasteiger partial charge < -0.3 is 9.15 Å². The van der Waals surface area contributed by atoms with Crippen molar-refractivity contribution in [3.63, 3.8) is 0 Å². The summed E-state index contributed by atoms with van der Waals surface area (Å²) >= 11 is 0. The molecule has 2 heterocycles. The predicted molar refractivity (Wildman–Crippen MR) is 109 cm³/mol. The number of nitrogens with two attached hydrogens (primary N) is 1. The van der Waals surface area contributed by atoms with Crippen molar-refractivity contribution >= 4 is 21.0 Å². The minimum absolute atomic E-state index is 0.0946. The van der Waals surface area contributed by atoms with E-state index < -0.39 is 10.0 Å². The van der Waals surface area contributed by atoms with Crippen molar-refractivity contribution in [1.29, 1.82) is 0 Å². The molecule has 1 aromatic heterocycles. The number of ether oxygens (including phenoxy) is 1. The zero-order valence-electron chi connectivity index (χ0n) is 16.3. The van der Waals surface area contributed by atoms with Gasteiger partial charge in [0.25, 0.3) is 0 Å². The Kier molecular flexibility index (Phi) is 4.94. The van der Waals surface area contributed by atoms with Gasteiger partial charge in [-0.1, -0.05) is 19.1 Å². The van der Waals surface area contributed by atoms with Crippen LogP contribution in [-0.2, 0) is 29.5 Å². The predicted octanol–water partition coefficient (Wildman–Crippen LogP) is 2.66. The van der Waals surface area contributed by atoms with Crippen molar-refractivity contribution in [2.24, 2.45) is 5.14 Å². The molecule has 2 N–H and O–H groups in total. The highest BCUT2D eigenvalue weighted by Gasteiger charge is 2.23. The molecule has 8 heteroatoms. The van der Waals surface area contributed by atoms with Gasteiger partial charge in [0, 0.05) is 35.7 Å². The summed E-state index contributed by atoms with van der Waals surface area (Å²) in [6, 6.07) is 10.1. The minimum Gasteiger partial charge on any atom is -0.477 e. The summed E-state index contributed by atoms with van der Waals surface area (Å²) in [5, 5.41) is 6.09. The fraction of sp³-hybridized carbons (Fsp3) is 0.286. The van der Waals surface area contributed by atoms with Crippen molar-refractivity contribution in [3.05, 3.63) is 69.1 Å². The summed E-state index contributed by atoms with van der Waals surface area (Å²) in [5.74, 6) is 0.759. The van der Waals surface area contributed by atoms with Crippen molar-refractivity contribution in [2.75, 3.05) is 6.73 Å². The van der Waals surface area contributed by atoms with E-state index in [1.807, 2.05) is 19.9 Å². The van der Waals surface area contributed by atoms with Gasteiger partial charge >= 0.3 is 5.63 Å². The molecule has 0 saturated heterocycles. The van der Waals surface area contributed by atoms with E-state index >= 15 is 0 Å². The van der Waals surface area contributed by atoms with Crippen molar-refractivity contribution in [1.82, 2.24) is 4.90 Å². The Balaban J connectivity index is 1.63. The molecular formula is C21H22N2O5S. The number of rotatable bonds is 4. The van der Waals surface area contributed by atoms with E-state index in [2.05, 4.69) is 4.90 Å². The van der Waals surface area contributed by atoms with Crippen LogP contribution in [0.3, 0.4) is 0 Å². The van der Waals surface area contributed by atoms with Crippen LogP contribution in [0.15, 0.2) is 50.5 Å². The lowest BCUT2D eigenvalue weighted by Crippen LogP contribution is -2.32. The molecule has 3 aromatic rings. The smallest absolute Gasteiger partial charge is 0.336 e. The number of aryl methyl sites for hydroxylation is 2. The molecular weight excluding hydrogens is 392 g/mol. The summed E-state index contributed by atoms with van der Waals surface area (Å²) in [6.45, 7) is 5.58. The number of fused-ring (bicyclic) bond motifs is 2. The van der Waals surface area contributed by atoms with Crippen LogP contribution in [0, 0.1) is 6.92 Å². The van der Waals surface area contributed by atoms with Crippen LogP contribution in [-0.4, -0.2) is 20.0 Å². The van der Waals surface area contributed by atoms with Gasteiger partial charge in [0.2, 0.25) is 10.0 Å². The van der Waals surface area contributed by atoms with E-state index in [4.69, 9.17) is 14.3 Å². The molecule has 4 rings (SSSR count). The average molecular weight is 414 g/mol. The van der Waals surface area contributed by atoms with E-state index in [9.17, 15) is 13.2 Å². The Hall–Kier alpha value is -2.68. The first kappa shape index (κ1) is 19.6. The van der Waals surface area contributed by atoms with Crippen LogP contribution >= 0.6 is 0 Å². The number of sulfonamides is 1. The molecule has 7 nitrogen and oxygen atoms in total. The lowest BCUT2D eigenvalue weighted by atomic mass is 9.99. The van der Waals surface area contributed by atoms with E-state index in [-0.39, 0.29) is 10.5 Å². The first-order chi connectivity index (χ1) is 13.8. The summed E-state index contributed by atoms with van der Waals surface area (Å²) in [6.07, 6.45) is 0.737. The molecule has 0 spiro atoms. The Bertz CT molecular complexity index is 1250. The monoisotopic (exact) mass is 414 g/mol. The molecule has 1 aliphatic heterocycles. The van der Waals surface area contributed by atoms with Gasteiger partial charge in [0.1, 0.15) is 18.1 Å². The Morgan fingerprint density at radius 3 is 2.55 bits per heavy atom. The number of hydrogen-bond acceptors (Lipinski definition) is 6. The summed E-state index contributed by atoms with van der Waals surface area (Å²) in [7, 11) is -3.70. The van der Waals surface area contributed by atoms with E-state index in [1.165, 1.54) is 12.1 Å². The highest BCUT2D eigenvalue weighted by atomic mass is 32.2. The van der Waals surface area contributed by atoms with Gasteiger partial charge in [-0.15, -0.1) is 0 Å². The van der Waals surface area contributed by atoms with Gasteiger partial charge in [-0.05, 0) is 42.7 Å². The second-order valence-electron chi connectivity index (χ2n) is 7.26. The molecule has 0 amide bonds. The Morgan fingerprint density at radius 1 is 1.17 bits per heavy atom. The molecule has 0 unspecified atom stereocenters. The molecule has 0 saturated carbocycles. The van der Waals surface area contributed by atoms with Crippen LogP contribution in [0.2, 0.25) is 0 Å². The van der Waals surface area contributed by atoms with Crippen LogP contribution < -0.4 is 15.5 Å². The molecule has 2 aromatic carbocycles. The number of nitrogens with zero attached hydrogens (tertiary/aromatic N) is 1. The molecule has 0 bridgehead atoms. The number of hydrogen-bond donors (Lipinski definition) is 1. The third-order valence-electron chi connectivity index (χ3n) is 5.20. The summed E-state index contributed by atoms with van der Waals surface area (Å²) in [5.41, 5.74) is 4.02. The van der Waals surface area contributed by atoms with Crippen LogP contribution in [0.1, 0.15) is 29.2 Å². The van der Waals surface area contributed by atoms with E-state index in [1.54, 1.807) is 18.2 Å². The fourth-order valence-electron chi connectivity index (χ4n) is 3.77. The van der Waals surface area contributed by atoms with Gasteiger partial charge in [-0.3, -0.25) is 4.90 Å². The van der Waals surface area contributed by atoms with Gasteiger partial charge in [-0.2, -0.15) is 0 Å². The van der Waals surface area contributed by atoms with E-state index in [0.717, 1.165) is 39.8 Å². The second-order valence-corrected chi connectivity index (χ2v) is 8.82. The van der Waals surface area contributed by atoms with Crippen LogP contribution in [0.4, 0.5) is 0 Å². The molecule has 0 radical (unpaired) electrons. The summed E-state index contributed by atoms with van der Waals surface area (Å²) < 4.78 is 34.2.